The summed E-state index contributed by atoms with van der Waals surface area (Å²) >= 11 is 0. The first kappa shape index (κ1) is 24.4. The van der Waals surface area contributed by atoms with Gasteiger partial charge in [-0.2, -0.15) is 0 Å². The maximum absolute atomic E-state index is 14.0. The predicted molar refractivity (Wildman–Crippen MR) is 126 cm³/mol. The zero-order valence-corrected chi connectivity index (χ0v) is 21.2. The van der Waals surface area contributed by atoms with Gasteiger partial charge in [-0.3, -0.25) is 9.59 Å². The first-order chi connectivity index (χ1) is 14.7. The second-order valence-corrected chi connectivity index (χ2v) is 13.7. The molecule has 0 saturated heterocycles. The van der Waals surface area contributed by atoms with Gasteiger partial charge in [0.25, 0.3) is 0 Å². The molecule has 0 radical (unpaired) electrons. The van der Waals surface area contributed by atoms with Gasteiger partial charge in [0.15, 0.2) is 5.78 Å². The summed E-state index contributed by atoms with van der Waals surface area (Å²) in [7, 11) is 0. The standard InChI is InChI=1S/C28H46O4/c1-25(2)14-7-8-19-17(25)9-11-20-18-10-12-21(24(31)22(29)13-15-26(3,4)32)27(18,5)16-23(30)28(19,20)6/h17-21,24,31-32H,7-16H2,1-6H3/t17?,18?,19?,20?,21?,24-,27+,28?/m1/s1. The fourth-order valence-corrected chi connectivity index (χ4v) is 9.06. The molecular weight excluding hydrogens is 400 g/mol. The minimum Gasteiger partial charge on any atom is -0.390 e. The van der Waals surface area contributed by atoms with Gasteiger partial charge in [0.1, 0.15) is 11.9 Å². The van der Waals surface area contributed by atoms with Crippen molar-refractivity contribution in [2.45, 2.75) is 117 Å². The van der Waals surface area contributed by atoms with Gasteiger partial charge in [-0.1, -0.05) is 34.1 Å². The number of ketones is 2. The number of carbonyl (C=O) groups is 2. The molecule has 4 fully saturated rings. The Labute approximate surface area is 194 Å². The van der Waals surface area contributed by atoms with E-state index in [-0.39, 0.29) is 29.0 Å². The molecule has 0 bridgehead atoms. The molecule has 4 rings (SSSR count). The molecule has 0 spiro atoms. The van der Waals surface area contributed by atoms with E-state index >= 15 is 0 Å². The maximum Gasteiger partial charge on any atom is 0.161 e. The number of hydrogen-bond donors (Lipinski definition) is 2. The average molecular weight is 447 g/mol. The van der Waals surface area contributed by atoms with Gasteiger partial charge < -0.3 is 10.2 Å². The van der Waals surface area contributed by atoms with Crippen LogP contribution < -0.4 is 0 Å². The smallest absolute Gasteiger partial charge is 0.161 e. The molecule has 6 unspecified atom stereocenters. The monoisotopic (exact) mass is 446 g/mol. The van der Waals surface area contributed by atoms with Crippen molar-refractivity contribution in [3.05, 3.63) is 0 Å². The lowest BCUT2D eigenvalue weighted by Gasteiger charge is -2.63. The second-order valence-electron chi connectivity index (χ2n) is 13.7. The Morgan fingerprint density at radius 2 is 1.59 bits per heavy atom. The summed E-state index contributed by atoms with van der Waals surface area (Å²) in [6, 6.07) is 0. The largest absolute Gasteiger partial charge is 0.390 e. The van der Waals surface area contributed by atoms with Crippen molar-refractivity contribution in [2.24, 2.45) is 45.8 Å². The third kappa shape index (κ3) is 3.72. The van der Waals surface area contributed by atoms with Crippen LogP contribution in [0, 0.1) is 45.8 Å². The lowest BCUT2D eigenvalue weighted by atomic mass is 9.40. The molecule has 0 aromatic heterocycles. The van der Waals surface area contributed by atoms with Crippen LogP contribution in [0.15, 0.2) is 0 Å². The van der Waals surface area contributed by atoms with E-state index in [0.717, 1.165) is 19.3 Å². The van der Waals surface area contributed by atoms with Crippen molar-refractivity contribution in [1.29, 1.82) is 0 Å². The van der Waals surface area contributed by atoms with Crippen LogP contribution in [0.25, 0.3) is 0 Å². The number of Topliss-reactive ketones (excluding diaryl/α,β-unsaturated/α-hetero) is 2. The van der Waals surface area contributed by atoms with Crippen LogP contribution in [-0.2, 0) is 9.59 Å². The summed E-state index contributed by atoms with van der Waals surface area (Å²) in [5.41, 5.74) is -1.12. The Morgan fingerprint density at radius 3 is 2.25 bits per heavy atom. The second kappa shape index (κ2) is 7.90. The number of rotatable bonds is 5. The summed E-state index contributed by atoms with van der Waals surface area (Å²) in [6.45, 7) is 12.7. The molecule has 4 saturated carbocycles. The van der Waals surface area contributed by atoms with Crippen molar-refractivity contribution in [2.75, 3.05) is 0 Å². The molecule has 4 aliphatic rings. The topological polar surface area (TPSA) is 74.6 Å². The molecule has 182 valence electrons. The van der Waals surface area contributed by atoms with Crippen molar-refractivity contribution >= 4 is 11.6 Å². The highest BCUT2D eigenvalue weighted by Gasteiger charge is 2.66. The number of aliphatic hydroxyl groups excluding tert-OH is 1. The highest BCUT2D eigenvalue weighted by Crippen LogP contribution is 2.69. The Kier molecular flexibility index (Phi) is 6.02. The van der Waals surface area contributed by atoms with E-state index in [0.29, 0.717) is 47.7 Å². The predicted octanol–water partition coefficient (Wildman–Crippen LogP) is 5.33. The Hall–Kier alpha value is -0.740. The van der Waals surface area contributed by atoms with Crippen LogP contribution in [0.5, 0.6) is 0 Å². The van der Waals surface area contributed by atoms with E-state index in [4.69, 9.17) is 0 Å². The molecule has 0 heterocycles. The van der Waals surface area contributed by atoms with Crippen molar-refractivity contribution in [1.82, 2.24) is 0 Å². The van der Waals surface area contributed by atoms with Crippen LogP contribution in [0.2, 0.25) is 0 Å². The van der Waals surface area contributed by atoms with E-state index in [1.165, 1.54) is 25.7 Å². The fourth-order valence-electron chi connectivity index (χ4n) is 9.06. The van der Waals surface area contributed by atoms with Gasteiger partial charge in [0.05, 0.1) is 5.60 Å². The summed E-state index contributed by atoms with van der Waals surface area (Å²) in [6.07, 6.45) is 7.89. The van der Waals surface area contributed by atoms with Gasteiger partial charge in [0.2, 0.25) is 0 Å². The molecule has 8 atom stereocenters. The zero-order chi connectivity index (χ0) is 23.7. The van der Waals surface area contributed by atoms with Gasteiger partial charge in [0, 0.05) is 18.3 Å². The first-order valence-electron chi connectivity index (χ1n) is 13.2. The van der Waals surface area contributed by atoms with E-state index in [2.05, 4.69) is 27.7 Å². The maximum atomic E-state index is 14.0. The number of hydrogen-bond acceptors (Lipinski definition) is 4. The van der Waals surface area contributed by atoms with E-state index in [9.17, 15) is 19.8 Å². The van der Waals surface area contributed by atoms with E-state index in [1.54, 1.807) is 13.8 Å². The van der Waals surface area contributed by atoms with E-state index < -0.39 is 11.7 Å². The fraction of sp³-hybridized carbons (Fsp3) is 0.929. The van der Waals surface area contributed by atoms with Gasteiger partial charge >= 0.3 is 0 Å². The van der Waals surface area contributed by atoms with Gasteiger partial charge in [-0.15, -0.1) is 0 Å². The molecule has 4 aliphatic carbocycles. The minimum absolute atomic E-state index is 0.143. The van der Waals surface area contributed by atoms with Crippen molar-refractivity contribution in [3.63, 3.8) is 0 Å². The molecule has 0 aliphatic heterocycles. The van der Waals surface area contributed by atoms with Crippen molar-refractivity contribution in [3.8, 4) is 0 Å². The third-order valence-electron chi connectivity index (χ3n) is 11.0. The van der Waals surface area contributed by atoms with Crippen LogP contribution in [0.3, 0.4) is 0 Å². The molecule has 2 N–H and O–H groups in total. The minimum atomic E-state index is -1.02. The zero-order valence-electron chi connectivity index (χ0n) is 21.2. The normalized spacial score (nSPS) is 44.4. The third-order valence-corrected chi connectivity index (χ3v) is 11.0. The lowest BCUT2D eigenvalue weighted by molar-refractivity contribution is -0.175. The molecule has 32 heavy (non-hydrogen) atoms. The summed E-state index contributed by atoms with van der Waals surface area (Å²) in [5, 5.41) is 21.1. The molecule has 4 heteroatoms. The molecule has 4 nitrogen and oxygen atoms in total. The first-order valence-corrected chi connectivity index (χ1v) is 13.2. The molecule has 0 amide bonds. The van der Waals surface area contributed by atoms with Crippen LogP contribution in [0.1, 0.15) is 106 Å². The lowest BCUT2D eigenvalue weighted by Crippen LogP contribution is -2.61. The van der Waals surface area contributed by atoms with Crippen LogP contribution >= 0.6 is 0 Å². The Balaban J connectivity index is 1.57. The number of fused-ring (bicyclic) bond motifs is 5. The van der Waals surface area contributed by atoms with Gasteiger partial charge in [-0.25, -0.2) is 0 Å². The Bertz CT molecular complexity index is 764. The van der Waals surface area contributed by atoms with Crippen molar-refractivity contribution < 1.29 is 19.8 Å². The van der Waals surface area contributed by atoms with Crippen LogP contribution in [0.4, 0.5) is 0 Å². The summed E-state index contributed by atoms with van der Waals surface area (Å²) in [4.78, 5) is 26.8. The number of aliphatic hydroxyl groups is 2. The number of carbonyl (C=O) groups excluding carboxylic acids is 2. The molecule has 0 aromatic carbocycles. The Morgan fingerprint density at radius 1 is 1.00 bits per heavy atom. The highest BCUT2D eigenvalue weighted by atomic mass is 16.3. The molecular formula is C28H46O4. The summed E-state index contributed by atoms with van der Waals surface area (Å²) < 4.78 is 0. The van der Waals surface area contributed by atoms with Crippen LogP contribution in [-0.4, -0.2) is 33.5 Å². The average Bonchev–Trinajstić information content (AvgIpc) is 3.02. The quantitative estimate of drug-likeness (QED) is 0.598. The highest BCUT2D eigenvalue weighted by molar-refractivity contribution is 5.88. The van der Waals surface area contributed by atoms with Gasteiger partial charge in [-0.05, 0) is 99.2 Å². The molecule has 0 aromatic rings. The SMILES string of the molecule is CC(C)(O)CCC(=O)[C@H](O)C1CCC2C3CCC4C(CCCC4(C)C)C3(C)C(=O)C[C@@]21C. The summed E-state index contributed by atoms with van der Waals surface area (Å²) in [5.74, 6) is 2.01. The van der Waals surface area contributed by atoms with E-state index in [1.807, 2.05) is 0 Å².